The standard InChI is InChI=1S/C11H19ClN2O2/c12-8-11(16)13-7-6-10(15)14-9-4-2-1-3-5-9/h9H,1-8H2,(H,13,16)(H,14,15). The summed E-state index contributed by atoms with van der Waals surface area (Å²) in [6.45, 7) is 0.365. The van der Waals surface area contributed by atoms with Gasteiger partial charge in [-0.1, -0.05) is 19.3 Å². The van der Waals surface area contributed by atoms with Gasteiger partial charge < -0.3 is 10.6 Å². The molecule has 0 unspecified atom stereocenters. The van der Waals surface area contributed by atoms with Crippen molar-refractivity contribution in [3.8, 4) is 0 Å². The molecule has 4 nitrogen and oxygen atoms in total. The highest BCUT2D eigenvalue weighted by molar-refractivity contribution is 6.27. The summed E-state index contributed by atoms with van der Waals surface area (Å²) in [5.74, 6) is -0.265. The SMILES string of the molecule is O=C(CCl)NCCC(=O)NC1CCCCC1. The van der Waals surface area contributed by atoms with Crippen molar-refractivity contribution in [2.75, 3.05) is 12.4 Å². The van der Waals surface area contributed by atoms with Crippen LogP contribution in [0.25, 0.3) is 0 Å². The normalized spacial score (nSPS) is 16.8. The zero-order valence-electron chi connectivity index (χ0n) is 9.43. The van der Waals surface area contributed by atoms with E-state index in [2.05, 4.69) is 10.6 Å². The van der Waals surface area contributed by atoms with Crippen molar-refractivity contribution in [2.45, 2.75) is 44.6 Å². The Bertz CT molecular complexity index is 240. The highest BCUT2D eigenvalue weighted by atomic mass is 35.5. The summed E-state index contributed by atoms with van der Waals surface area (Å²) in [6, 6.07) is 0.338. The molecular weight excluding hydrogens is 228 g/mol. The Morgan fingerprint density at radius 2 is 1.81 bits per heavy atom. The molecule has 0 aromatic heterocycles. The Kier molecular flexibility index (Phi) is 6.23. The van der Waals surface area contributed by atoms with Crippen molar-refractivity contribution in [1.29, 1.82) is 0 Å². The molecule has 0 radical (unpaired) electrons. The molecule has 92 valence electrons. The monoisotopic (exact) mass is 246 g/mol. The minimum atomic E-state index is -0.230. The van der Waals surface area contributed by atoms with Crippen LogP contribution < -0.4 is 10.6 Å². The lowest BCUT2D eigenvalue weighted by molar-refractivity contribution is -0.122. The molecule has 0 atom stereocenters. The molecule has 2 amide bonds. The van der Waals surface area contributed by atoms with Crippen LogP contribution in [0, 0.1) is 0 Å². The molecule has 1 saturated carbocycles. The number of carbonyl (C=O) groups excluding carboxylic acids is 2. The van der Waals surface area contributed by atoms with Crippen molar-refractivity contribution >= 4 is 23.4 Å². The van der Waals surface area contributed by atoms with Crippen LogP contribution in [0.1, 0.15) is 38.5 Å². The Hall–Kier alpha value is -0.770. The van der Waals surface area contributed by atoms with Crippen molar-refractivity contribution < 1.29 is 9.59 Å². The number of halogens is 1. The maximum Gasteiger partial charge on any atom is 0.234 e. The lowest BCUT2D eigenvalue weighted by atomic mass is 9.95. The highest BCUT2D eigenvalue weighted by Gasteiger charge is 2.15. The molecule has 16 heavy (non-hydrogen) atoms. The van der Waals surface area contributed by atoms with Crippen LogP contribution in [0.15, 0.2) is 0 Å². The van der Waals surface area contributed by atoms with Gasteiger partial charge >= 0.3 is 0 Å². The van der Waals surface area contributed by atoms with E-state index < -0.39 is 0 Å². The van der Waals surface area contributed by atoms with E-state index in [0.717, 1.165) is 12.8 Å². The van der Waals surface area contributed by atoms with Crippen LogP contribution in [0.3, 0.4) is 0 Å². The molecule has 0 bridgehead atoms. The molecule has 1 aliphatic carbocycles. The van der Waals surface area contributed by atoms with E-state index in [1.54, 1.807) is 0 Å². The lowest BCUT2D eigenvalue weighted by Crippen LogP contribution is -2.38. The first-order valence-electron chi connectivity index (χ1n) is 5.84. The van der Waals surface area contributed by atoms with Gasteiger partial charge in [0.25, 0.3) is 0 Å². The van der Waals surface area contributed by atoms with Gasteiger partial charge in [-0.05, 0) is 12.8 Å². The number of rotatable bonds is 5. The minimum absolute atomic E-state index is 0.0155. The Morgan fingerprint density at radius 3 is 2.44 bits per heavy atom. The van der Waals surface area contributed by atoms with Gasteiger partial charge in [0.1, 0.15) is 5.88 Å². The Balaban J connectivity index is 2.08. The van der Waals surface area contributed by atoms with Gasteiger partial charge in [0, 0.05) is 19.0 Å². The maximum atomic E-state index is 11.5. The summed E-state index contributed by atoms with van der Waals surface area (Å²) in [5.41, 5.74) is 0. The first-order chi connectivity index (χ1) is 7.72. The second kappa shape index (κ2) is 7.49. The van der Waals surface area contributed by atoms with E-state index in [1.165, 1.54) is 19.3 Å². The van der Waals surface area contributed by atoms with Gasteiger partial charge in [0.15, 0.2) is 0 Å². The fourth-order valence-corrected chi connectivity index (χ4v) is 2.00. The average molecular weight is 247 g/mol. The van der Waals surface area contributed by atoms with E-state index in [0.29, 0.717) is 19.0 Å². The molecule has 0 aromatic rings. The van der Waals surface area contributed by atoms with Crippen LogP contribution in [0.5, 0.6) is 0 Å². The van der Waals surface area contributed by atoms with E-state index in [9.17, 15) is 9.59 Å². The van der Waals surface area contributed by atoms with Crippen LogP contribution >= 0.6 is 11.6 Å². The van der Waals surface area contributed by atoms with Crippen LogP contribution in [0.2, 0.25) is 0 Å². The summed E-state index contributed by atoms with van der Waals surface area (Å²) in [6.07, 6.45) is 6.18. The fraction of sp³-hybridized carbons (Fsp3) is 0.818. The Labute approximate surface area is 101 Å². The summed E-state index contributed by atoms with van der Waals surface area (Å²) < 4.78 is 0. The van der Waals surface area contributed by atoms with E-state index in [-0.39, 0.29) is 17.7 Å². The minimum Gasteiger partial charge on any atom is -0.355 e. The number of hydrogen-bond acceptors (Lipinski definition) is 2. The first kappa shape index (κ1) is 13.3. The van der Waals surface area contributed by atoms with Crippen molar-refractivity contribution in [3.05, 3.63) is 0 Å². The molecule has 1 aliphatic rings. The van der Waals surface area contributed by atoms with Gasteiger partial charge in [0.2, 0.25) is 11.8 Å². The number of hydrogen-bond donors (Lipinski definition) is 2. The topological polar surface area (TPSA) is 58.2 Å². The third-order valence-corrected chi connectivity index (χ3v) is 3.01. The first-order valence-corrected chi connectivity index (χ1v) is 6.38. The number of alkyl halides is 1. The lowest BCUT2D eigenvalue weighted by Gasteiger charge is -2.22. The van der Waals surface area contributed by atoms with Crippen molar-refractivity contribution in [3.63, 3.8) is 0 Å². The van der Waals surface area contributed by atoms with Gasteiger partial charge in [0.05, 0.1) is 0 Å². The number of amides is 2. The zero-order chi connectivity index (χ0) is 11.8. The zero-order valence-corrected chi connectivity index (χ0v) is 10.2. The molecule has 0 saturated heterocycles. The van der Waals surface area contributed by atoms with Gasteiger partial charge in [-0.25, -0.2) is 0 Å². The van der Waals surface area contributed by atoms with Gasteiger partial charge in [-0.15, -0.1) is 11.6 Å². The van der Waals surface area contributed by atoms with Crippen LogP contribution in [-0.4, -0.2) is 30.3 Å². The van der Waals surface area contributed by atoms with Gasteiger partial charge in [-0.2, -0.15) is 0 Å². The van der Waals surface area contributed by atoms with E-state index in [1.807, 2.05) is 0 Å². The molecule has 0 spiro atoms. The summed E-state index contributed by atoms with van der Waals surface area (Å²) in [4.78, 5) is 22.3. The number of nitrogens with one attached hydrogen (secondary N) is 2. The molecule has 0 aromatic carbocycles. The Morgan fingerprint density at radius 1 is 1.12 bits per heavy atom. The third-order valence-electron chi connectivity index (χ3n) is 2.77. The maximum absolute atomic E-state index is 11.5. The van der Waals surface area contributed by atoms with Crippen molar-refractivity contribution in [2.24, 2.45) is 0 Å². The number of carbonyl (C=O) groups is 2. The smallest absolute Gasteiger partial charge is 0.234 e. The molecular formula is C11H19ClN2O2. The largest absolute Gasteiger partial charge is 0.355 e. The van der Waals surface area contributed by atoms with E-state index >= 15 is 0 Å². The average Bonchev–Trinajstić information content (AvgIpc) is 2.30. The molecule has 0 aliphatic heterocycles. The second-order valence-electron chi connectivity index (χ2n) is 4.14. The summed E-state index contributed by atoms with van der Waals surface area (Å²) in [5, 5.41) is 5.56. The molecule has 1 fully saturated rings. The molecule has 5 heteroatoms. The predicted octanol–water partition coefficient (Wildman–Crippen LogP) is 1.18. The van der Waals surface area contributed by atoms with E-state index in [4.69, 9.17) is 11.6 Å². The fourth-order valence-electron chi connectivity index (χ4n) is 1.91. The van der Waals surface area contributed by atoms with Crippen LogP contribution in [0.4, 0.5) is 0 Å². The molecule has 1 rings (SSSR count). The highest BCUT2D eigenvalue weighted by Crippen LogP contribution is 2.17. The third kappa shape index (κ3) is 5.35. The quantitative estimate of drug-likeness (QED) is 0.716. The van der Waals surface area contributed by atoms with Crippen LogP contribution in [-0.2, 0) is 9.59 Å². The molecule has 0 heterocycles. The summed E-state index contributed by atoms with van der Waals surface area (Å²) >= 11 is 5.31. The second-order valence-corrected chi connectivity index (χ2v) is 4.40. The van der Waals surface area contributed by atoms with Gasteiger partial charge in [-0.3, -0.25) is 9.59 Å². The van der Waals surface area contributed by atoms with Crippen molar-refractivity contribution in [1.82, 2.24) is 10.6 Å². The predicted molar refractivity (Wildman–Crippen MR) is 63.4 cm³/mol. The molecule has 2 N–H and O–H groups in total. The summed E-state index contributed by atoms with van der Waals surface area (Å²) in [7, 11) is 0.